The molecule has 0 unspecified atom stereocenters. The van der Waals surface area contributed by atoms with E-state index < -0.39 is 11.1 Å². The molecule has 2 aromatic carbocycles. The third-order valence-electron chi connectivity index (χ3n) is 4.00. The zero-order valence-corrected chi connectivity index (χ0v) is 18.3. The predicted molar refractivity (Wildman–Crippen MR) is 115 cm³/mol. The fraction of sp³-hybridized carbons (Fsp3) is 0.150. The largest absolute Gasteiger partial charge is 0.504 e. The van der Waals surface area contributed by atoms with E-state index in [4.69, 9.17) is 16.3 Å². The number of ketones is 1. The van der Waals surface area contributed by atoms with Gasteiger partial charge >= 0.3 is 0 Å². The Balaban J connectivity index is 1.83. The maximum Gasteiger partial charge on any atom is 0.293 e. The van der Waals surface area contributed by atoms with Crippen LogP contribution in [0.3, 0.4) is 0 Å². The number of halogens is 2. The van der Waals surface area contributed by atoms with Gasteiger partial charge in [-0.05, 0) is 61.2 Å². The third-order valence-corrected chi connectivity index (χ3v) is 5.61. The number of carbonyl (C=O) groups is 3. The van der Waals surface area contributed by atoms with Crippen LogP contribution in [-0.4, -0.2) is 40.1 Å². The predicted octanol–water partition coefficient (Wildman–Crippen LogP) is 5.13. The minimum absolute atomic E-state index is 0.106. The normalized spacial score (nSPS) is 15.3. The molecule has 3 rings (SSSR count). The highest BCUT2D eigenvalue weighted by atomic mass is 79.9. The van der Waals surface area contributed by atoms with Crippen LogP contribution >= 0.6 is 39.3 Å². The van der Waals surface area contributed by atoms with Gasteiger partial charge in [0.1, 0.15) is 0 Å². The number of hydrogen-bond acceptors (Lipinski definition) is 6. The zero-order valence-electron chi connectivity index (χ0n) is 15.1. The third kappa shape index (κ3) is 4.83. The molecule has 1 N–H and O–H groups in total. The van der Waals surface area contributed by atoms with Crippen LogP contribution in [0.4, 0.5) is 4.79 Å². The quantitative estimate of drug-likeness (QED) is 0.441. The smallest absolute Gasteiger partial charge is 0.293 e. The van der Waals surface area contributed by atoms with Crippen molar-refractivity contribution in [3.63, 3.8) is 0 Å². The van der Waals surface area contributed by atoms with Gasteiger partial charge < -0.3 is 9.84 Å². The molecular weight excluding hydrogens is 482 g/mol. The Morgan fingerprint density at radius 3 is 2.62 bits per heavy atom. The molecule has 9 heteroatoms. The first kappa shape index (κ1) is 21.4. The molecule has 1 aliphatic heterocycles. The Labute approximate surface area is 184 Å². The van der Waals surface area contributed by atoms with Crippen molar-refractivity contribution >= 4 is 62.3 Å². The second kappa shape index (κ2) is 9.02. The number of Topliss-reactive ketones (excluding diaryl/α,β-unsaturated/α-hetero) is 1. The summed E-state index contributed by atoms with van der Waals surface area (Å²) in [6, 6.07) is 9.41. The number of phenolic OH excluding ortho intramolecular Hbond substituents is 1. The van der Waals surface area contributed by atoms with Crippen LogP contribution in [-0.2, 0) is 4.79 Å². The van der Waals surface area contributed by atoms with Crippen LogP contribution in [0, 0.1) is 0 Å². The monoisotopic (exact) mass is 495 g/mol. The molecule has 2 aromatic rings. The number of nitrogens with zero attached hydrogens (tertiary/aromatic N) is 1. The van der Waals surface area contributed by atoms with Crippen LogP contribution < -0.4 is 4.74 Å². The lowest BCUT2D eigenvalue weighted by atomic mass is 10.1. The summed E-state index contributed by atoms with van der Waals surface area (Å²) >= 11 is 9.84. The van der Waals surface area contributed by atoms with Gasteiger partial charge in [-0.25, -0.2) is 0 Å². The van der Waals surface area contributed by atoms with Gasteiger partial charge in [-0.1, -0.05) is 27.5 Å². The minimum Gasteiger partial charge on any atom is -0.504 e. The van der Waals surface area contributed by atoms with Crippen molar-refractivity contribution in [2.24, 2.45) is 0 Å². The van der Waals surface area contributed by atoms with E-state index >= 15 is 0 Å². The van der Waals surface area contributed by atoms with Gasteiger partial charge in [0.15, 0.2) is 17.3 Å². The molecule has 150 valence electrons. The maximum atomic E-state index is 12.7. The summed E-state index contributed by atoms with van der Waals surface area (Å²) in [5.74, 6) is -0.863. The van der Waals surface area contributed by atoms with E-state index in [1.165, 1.54) is 18.2 Å². The van der Waals surface area contributed by atoms with E-state index in [0.717, 1.165) is 4.90 Å². The van der Waals surface area contributed by atoms with E-state index in [1.807, 2.05) is 0 Å². The number of rotatable bonds is 6. The molecule has 0 aliphatic carbocycles. The molecule has 2 amide bonds. The number of aromatic hydroxyl groups is 1. The van der Waals surface area contributed by atoms with Gasteiger partial charge in [0.05, 0.1) is 18.1 Å². The van der Waals surface area contributed by atoms with Gasteiger partial charge in [0.25, 0.3) is 11.1 Å². The number of thioether (sulfide) groups is 1. The first-order valence-corrected chi connectivity index (χ1v) is 10.5. The highest BCUT2D eigenvalue weighted by Gasteiger charge is 2.36. The van der Waals surface area contributed by atoms with Crippen LogP contribution in [0.2, 0.25) is 5.02 Å². The van der Waals surface area contributed by atoms with Gasteiger partial charge in [-0.15, -0.1) is 0 Å². The summed E-state index contributed by atoms with van der Waals surface area (Å²) < 4.78 is 6.01. The number of phenols is 1. The number of benzene rings is 2. The minimum atomic E-state index is -0.598. The summed E-state index contributed by atoms with van der Waals surface area (Å²) in [7, 11) is 0. The molecular formula is C20H15BrClNO5S. The summed E-state index contributed by atoms with van der Waals surface area (Å²) in [6.07, 6.45) is 1.40. The molecule has 0 bridgehead atoms. The second-order valence-corrected chi connectivity index (χ2v) is 8.32. The number of imide groups is 1. The molecule has 0 spiro atoms. The Morgan fingerprint density at radius 1 is 1.28 bits per heavy atom. The van der Waals surface area contributed by atoms with Crippen molar-refractivity contribution in [1.82, 2.24) is 4.90 Å². The standard InChI is InChI=1S/C20H15BrClNO5S/c1-2-28-16-9-13(21)7-12(18(16)25)8-17-19(26)23(20(27)29-17)10-15(24)11-3-5-14(22)6-4-11/h3-9,25H,2,10H2,1H3. The van der Waals surface area contributed by atoms with Crippen LogP contribution in [0.25, 0.3) is 6.08 Å². The zero-order chi connectivity index (χ0) is 21.1. The topological polar surface area (TPSA) is 83.9 Å². The summed E-state index contributed by atoms with van der Waals surface area (Å²) in [6.45, 7) is 1.76. The van der Waals surface area contributed by atoms with Gasteiger partial charge in [0.2, 0.25) is 0 Å². The summed E-state index contributed by atoms with van der Waals surface area (Å²) in [5.41, 5.74) is 0.667. The second-order valence-electron chi connectivity index (χ2n) is 5.97. The number of amides is 2. The summed E-state index contributed by atoms with van der Waals surface area (Å²) in [4.78, 5) is 38.3. The van der Waals surface area contributed by atoms with Crippen molar-refractivity contribution in [2.75, 3.05) is 13.2 Å². The number of carbonyl (C=O) groups excluding carboxylic acids is 3. The van der Waals surface area contributed by atoms with Gasteiger partial charge in [-0.2, -0.15) is 0 Å². The van der Waals surface area contributed by atoms with E-state index in [1.54, 1.807) is 31.2 Å². The van der Waals surface area contributed by atoms with Crippen molar-refractivity contribution < 1.29 is 24.2 Å². The van der Waals surface area contributed by atoms with Crippen LogP contribution in [0.5, 0.6) is 11.5 Å². The van der Waals surface area contributed by atoms with E-state index in [-0.39, 0.29) is 28.7 Å². The lowest BCUT2D eigenvalue weighted by molar-refractivity contribution is -0.122. The van der Waals surface area contributed by atoms with Crippen molar-refractivity contribution in [3.05, 3.63) is 61.9 Å². The van der Waals surface area contributed by atoms with Crippen LogP contribution in [0.15, 0.2) is 45.8 Å². The van der Waals surface area contributed by atoms with Gasteiger partial charge in [-0.3, -0.25) is 19.3 Å². The Kier molecular flexibility index (Phi) is 6.66. The molecule has 1 fully saturated rings. The molecule has 0 aromatic heterocycles. The lowest BCUT2D eigenvalue weighted by Gasteiger charge is -2.11. The Morgan fingerprint density at radius 2 is 1.97 bits per heavy atom. The Bertz CT molecular complexity index is 1020. The molecule has 0 atom stereocenters. The first-order chi connectivity index (χ1) is 13.8. The molecule has 0 saturated carbocycles. The van der Waals surface area contributed by atoms with Crippen LogP contribution in [0.1, 0.15) is 22.8 Å². The average molecular weight is 497 g/mol. The molecule has 1 heterocycles. The fourth-order valence-electron chi connectivity index (χ4n) is 2.62. The highest BCUT2D eigenvalue weighted by molar-refractivity contribution is 9.10. The molecule has 1 saturated heterocycles. The van der Waals surface area contributed by atoms with E-state index in [2.05, 4.69) is 15.9 Å². The Hall–Kier alpha value is -2.29. The maximum absolute atomic E-state index is 12.7. The van der Waals surface area contributed by atoms with E-state index in [9.17, 15) is 19.5 Å². The van der Waals surface area contributed by atoms with E-state index in [0.29, 0.717) is 39.0 Å². The fourth-order valence-corrected chi connectivity index (χ4v) is 4.03. The van der Waals surface area contributed by atoms with Gasteiger partial charge in [0, 0.05) is 20.6 Å². The molecule has 29 heavy (non-hydrogen) atoms. The number of hydrogen-bond donors (Lipinski definition) is 1. The average Bonchev–Trinajstić information content (AvgIpc) is 2.93. The number of ether oxygens (including phenoxy) is 1. The molecule has 6 nitrogen and oxygen atoms in total. The highest BCUT2D eigenvalue weighted by Crippen LogP contribution is 2.38. The summed E-state index contributed by atoms with van der Waals surface area (Å²) in [5, 5.41) is 10.3. The first-order valence-electron chi connectivity index (χ1n) is 8.49. The van der Waals surface area contributed by atoms with Crippen molar-refractivity contribution in [2.45, 2.75) is 6.92 Å². The molecule has 1 aliphatic rings. The van der Waals surface area contributed by atoms with Crippen molar-refractivity contribution in [1.29, 1.82) is 0 Å². The lowest BCUT2D eigenvalue weighted by Crippen LogP contribution is -2.33. The molecule has 0 radical (unpaired) electrons. The van der Waals surface area contributed by atoms with Crippen molar-refractivity contribution in [3.8, 4) is 11.5 Å². The SMILES string of the molecule is CCOc1cc(Br)cc(C=C2SC(=O)N(CC(=O)c3ccc(Cl)cc3)C2=O)c1O.